The lowest BCUT2D eigenvalue weighted by atomic mass is 10.1. The predicted octanol–water partition coefficient (Wildman–Crippen LogP) is 2.09. The summed E-state index contributed by atoms with van der Waals surface area (Å²) in [6.07, 6.45) is 0.996. The van der Waals surface area contributed by atoms with Gasteiger partial charge in [0.05, 0.1) is 23.2 Å². The molecule has 7 heteroatoms. The molecule has 0 atom stereocenters. The van der Waals surface area contributed by atoms with Gasteiger partial charge in [0.1, 0.15) is 5.82 Å². The van der Waals surface area contributed by atoms with Crippen molar-refractivity contribution in [3.8, 4) is 0 Å². The van der Waals surface area contributed by atoms with E-state index in [0.29, 0.717) is 0 Å². The van der Waals surface area contributed by atoms with Crippen LogP contribution in [0.2, 0.25) is 0 Å². The fourth-order valence-corrected chi connectivity index (χ4v) is 1.90. The summed E-state index contributed by atoms with van der Waals surface area (Å²) in [5.41, 5.74) is -0.772. The van der Waals surface area contributed by atoms with E-state index in [1.165, 1.54) is 25.1 Å². The Morgan fingerprint density at radius 1 is 1.38 bits per heavy atom. The van der Waals surface area contributed by atoms with Crippen LogP contribution in [0.3, 0.4) is 0 Å². The molecule has 0 spiro atoms. The van der Waals surface area contributed by atoms with Crippen LogP contribution in [0.15, 0.2) is 41.3 Å². The van der Waals surface area contributed by atoms with Gasteiger partial charge in [0, 0.05) is 11.6 Å². The van der Waals surface area contributed by atoms with Gasteiger partial charge in [-0.15, -0.1) is 0 Å². The van der Waals surface area contributed by atoms with Crippen LogP contribution in [0.1, 0.15) is 15.9 Å². The molecule has 6 nitrogen and oxygen atoms in total. The molecule has 2 aromatic rings. The highest BCUT2D eigenvalue weighted by atomic mass is 19.1. The van der Waals surface area contributed by atoms with Crippen molar-refractivity contribution in [3.63, 3.8) is 0 Å². The van der Waals surface area contributed by atoms with Crippen LogP contribution < -0.4 is 5.56 Å². The maximum absolute atomic E-state index is 13.5. The second-order valence-electron chi connectivity index (χ2n) is 4.47. The molecule has 0 saturated carbocycles. The first kappa shape index (κ1) is 14.6. The molecule has 1 aromatic heterocycles. The van der Waals surface area contributed by atoms with Gasteiger partial charge in [0.15, 0.2) is 5.78 Å². The molecule has 1 aromatic carbocycles. The Morgan fingerprint density at radius 3 is 2.67 bits per heavy atom. The van der Waals surface area contributed by atoms with Crippen LogP contribution in [0.4, 0.5) is 10.1 Å². The van der Waals surface area contributed by atoms with E-state index < -0.39 is 28.6 Å². The average molecular weight is 290 g/mol. The molecule has 0 bridgehead atoms. The van der Waals surface area contributed by atoms with E-state index in [2.05, 4.69) is 0 Å². The summed E-state index contributed by atoms with van der Waals surface area (Å²) in [6.45, 7) is 0.976. The Kier molecular flexibility index (Phi) is 3.93. The van der Waals surface area contributed by atoms with Crippen LogP contribution in [0, 0.1) is 22.9 Å². The van der Waals surface area contributed by atoms with E-state index in [4.69, 9.17) is 0 Å². The van der Waals surface area contributed by atoms with Crippen molar-refractivity contribution in [2.75, 3.05) is 0 Å². The summed E-state index contributed by atoms with van der Waals surface area (Å²) in [5, 5.41) is 10.8. The predicted molar refractivity (Wildman–Crippen MR) is 72.8 cm³/mol. The molecule has 108 valence electrons. The van der Waals surface area contributed by atoms with E-state index in [0.717, 1.165) is 22.9 Å². The molecule has 0 aliphatic carbocycles. The number of nitro groups is 1. The summed E-state index contributed by atoms with van der Waals surface area (Å²) >= 11 is 0. The lowest BCUT2D eigenvalue weighted by Gasteiger charge is -2.06. The zero-order valence-electron chi connectivity index (χ0n) is 11.1. The van der Waals surface area contributed by atoms with Crippen molar-refractivity contribution in [3.05, 3.63) is 73.9 Å². The molecule has 0 amide bonds. The number of hydrogen-bond acceptors (Lipinski definition) is 4. The highest BCUT2D eigenvalue weighted by Gasteiger charge is 2.17. The Balaban J connectivity index is 2.38. The summed E-state index contributed by atoms with van der Waals surface area (Å²) in [5.74, 6) is -1.33. The average Bonchev–Trinajstić information content (AvgIpc) is 2.41. The fraction of sp³-hybridized carbons (Fsp3) is 0.143. The van der Waals surface area contributed by atoms with E-state index in [9.17, 15) is 24.1 Å². The molecule has 0 radical (unpaired) electrons. The minimum absolute atomic E-state index is 0.160. The number of Topliss-reactive ketones (excluding diaryl/α,β-unsaturated/α-hetero) is 1. The molecular weight excluding hydrogens is 279 g/mol. The van der Waals surface area contributed by atoms with E-state index in [-0.39, 0.29) is 16.8 Å². The number of hydrogen-bond donors (Lipinski definition) is 0. The summed E-state index contributed by atoms with van der Waals surface area (Å²) in [6, 6.07) is 6.44. The van der Waals surface area contributed by atoms with Crippen molar-refractivity contribution in [2.24, 2.45) is 0 Å². The number of halogens is 1. The van der Waals surface area contributed by atoms with Gasteiger partial charge in [-0.05, 0) is 19.1 Å². The van der Waals surface area contributed by atoms with Gasteiger partial charge in [-0.3, -0.25) is 19.7 Å². The van der Waals surface area contributed by atoms with Crippen molar-refractivity contribution in [1.29, 1.82) is 0 Å². The molecule has 0 fully saturated rings. The standard InChI is InChI=1S/C14H11FN2O4/c1-9-6-14(19)16(7-12(9)17(20)21)8-13(18)10-4-2-3-5-11(10)15/h2-7H,8H2,1H3. The van der Waals surface area contributed by atoms with Crippen LogP contribution in [0.5, 0.6) is 0 Å². The molecule has 21 heavy (non-hydrogen) atoms. The Hall–Kier alpha value is -2.83. The Labute approximate surface area is 118 Å². The first-order valence-electron chi connectivity index (χ1n) is 6.03. The van der Waals surface area contributed by atoms with Crippen LogP contribution in [0.25, 0.3) is 0 Å². The summed E-state index contributed by atoms with van der Waals surface area (Å²) in [7, 11) is 0. The zero-order chi connectivity index (χ0) is 15.6. The third-order valence-electron chi connectivity index (χ3n) is 2.99. The van der Waals surface area contributed by atoms with Gasteiger partial charge >= 0.3 is 0 Å². The number of nitrogens with zero attached hydrogens (tertiary/aromatic N) is 2. The third-order valence-corrected chi connectivity index (χ3v) is 2.99. The van der Waals surface area contributed by atoms with Crippen molar-refractivity contribution in [2.45, 2.75) is 13.5 Å². The van der Waals surface area contributed by atoms with Gasteiger partial charge < -0.3 is 4.57 Å². The van der Waals surface area contributed by atoms with E-state index >= 15 is 0 Å². The van der Waals surface area contributed by atoms with Crippen LogP contribution in [-0.4, -0.2) is 15.3 Å². The number of benzene rings is 1. The molecule has 0 unspecified atom stereocenters. The SMILES string of the molecule is Cc1cc(=O)n(CC(=O)c2ccccc2F)cc1[N+](=O)[O-]. The maximum Gasteiger partial charge on any atom is 0.288 e. The van der Waals surface area contributed by atoms with Crippen LogP contribution >= 0.6 is 0 Å². The second kappa shape index (κ2) is 5.66. The summed E-state index contributed by atoms with van der Waals surface area (Å²) in [4.78, 5) is 33.9. The molecular formula is C14H11FN2O4. The number of aryl methyl sites for hydroxylation is 1. The monoisotopic (exact) mass is 290 g/mol. The summed E-state index contributed by atoms with van der Waals surface area (Å²) < 4.78 is 14.4. The zero-order valence-corrected chi connectivity index (χ0v) is 11.1. The molecule has 1 heterocycles. The lowest BCUT2D eigenvalue weighted by Crippen LogP contribution is -2.24. The van der Waals surface area contributed by atoms with Gasteiger partial charge in [-0.1, -0.05) is 12.1 Å². The molecule has 0 aliphatic rings. The van der Waals surface area contributed by atoms with Gasteiger partial charge in [0.2, 0.25) is 0 Å². The first-order chi connectivity index (χ1) is 9.90. The lowest BCUT2D eigenvalue weighted by molar-refractivity contribution is -0.385. The number of carbonyl (C=O) groups excluding carboxylic acids is 1. The highest BCUT2D eigenvalue weighted by Crippen LogP contribution is 2.15. The van der Waals surface area contributed by atoms with Crippen LogP contribution in [-0.2, 0) is 6.54 Å². The number of rotatable bonds is 4. The fourth-order valence-electron chi connectivity index (χ4n) is 1.90. The minimum Gasteiger partial charge on any atom is -0.301 e. The number of carbonyl (C=O) groups is 1. The molecule has 2 rings (SSSR count). The van der Waals surface area contributed by atoms with E-state index in [1.807, 2.05) is 0 Å². The van der Waals surface area contributed by atoms with Gasteiger partial charge in [0.25, 0.3) is 11.2 Å². The minimum atomic E-state index is -0.697. The van der Waals surface area contributed by atoms with Crippen molar-refractivity contribution in [1.82, 2.24) is 4.57 Å². The number of aromatic nitrogens is 1. The van der Waals surface area contributed by atoms with Gasteiger partial charge in [-0.2, -0.15) is 0 Å². The quantitative estimate of drug-likeness (QED) is 0.490. The topological polar surface area (TPSA) is 82.2 Å². The van der Waals surface area contributed by atoms with Crippen molar-refractivity contribution >= 4 is 11.5 Å². The molecule has 0 N–H and O–H groups in total. The largest absolute Gasteiger partial charge is 0.301 e. The first-order valence-corrected chi connectivity index (χ1v) is 6.03. The number of ketones is 1. The molecule has 0 aliphatic heterocycles. The van der Waals surface area contributed by atoms with Crippen molar-refractivity contribution < 1.29 is 14.1 Å². The number of pyridine rings is 1. The smallest absolute Gasteiger partial charge is 0.288 e. The maximum atomic E-state index is 13.5. The molecule has 0 saturated heterocycles. The van der Waals surface area contributed by atoms with E-state index in [1.54, 1.807) is 0 Å². The Bertz CT molecular complexity index is 783. The second-order valence-corrected chi connectivity index (χ2v) is 4.47. The van der Waals surface area contributed by atoms with Gasteiger partial charge in [-0.25, -0.2) is 4.39 Å². The highest BCUT2D eigenvalue weighted by molar-refractivity contribution is 5.96. The third kappa shape index (κ3) is 3.02. The Morgan fingerprint density at radius 2 is 2.05 bits per heavy atom. The normalized spacial score (nSPS) is 10.4.